The maximum Gasteiger partial charge on any atom is 0.354 e. The minimum Gasteiger partial charge on any atom is -0.477 e. The lowest BCUT2D eigenvalue weighted by atomic mass is 10.2. The third kappa shape index (κ3) is 2.61. The van der Waals surface area contributed by atoms with Crippen LogP contribution in [0.1, 0.15) is 17.4 Å². The molecule has 18 heavy (non-hydrogen) atoms. The average Bonchev–Trinajstić information content (AvgIpc) is 2.28. The number of nitrogens with zero attached hydrogens (tertiary/aromatic N) is 2. The van der Waals surface area contributed by atoms with Crippen LogP contribution in [-0.2, 0) is 9.84 Å². The highest BCUT2D eigenvalue weighted by Gasteiger charge is 2.29. The molecule has 1 unspecified atom stereocenters. The molecule has 1 N–H and O–H groups in total. The van der Waals surface area contributed by atoms with Crippen LogP contribution in [0.5, 0.6) is 0 Å². The number of carbonyl (C=O) groups is 1. The van der Waals surface area contributed by atoms with Crippen LogP contribution in [0, 0.1) is 0 Å². The molecule has 0 aromatic carbocycles. The van der Waals surface area contributed by atoms with Crippen molar-refractivity contribution in [3.63, 3.8) is 0 Å². The molecule has 0 radical (unpaired) electrons. The summed E-state index contributed by atoms with van der Waals surface area (Å²) < 4.78 is 22.9. The number of pyridine rings is 1. The van der Waals surface area contributed by atoms with Gasteiger partial charge in [0.1, 0.15) is 5.82 Å². The highest BCUT2D eigenvalue weighted by Crippen LogP contribution is 2.19. The minimum absolute atomic E-state index is 0.0341. The molecule has 0 saturated carbocycles. The van der Waals surface area contributed by atoms with E-state index in [-0.39, 0.29) is 23.2 Å². The van der Waals surface area contributed by atoms with Gasteiger partial charge in [-0.1, -0.05) is 6.07 Å². The molecule has 1 aromatic heterocycles. The van der Waals surface area contributed by atoms with Crippen LogP contribution in [0.25, 0.3) is 0 Å². The van der Waals surface area contributed by atoms with Crippen LogP contribution in [0.4, 0.5) is 5.82 Å². The Kier molecular flexibility index (Phi) is 3.25. The summed E-state index contributed by atoms with van der Waals surface area (Å²) in [5, 5.41) is 8.88. The molecule has 2 heterocycles. The van der Waals surface area contributed by atoms with Gasteiger partial charge in [0.05, 0.1) is 11.5 Å². The predicted molar refractivity (Wildman–Crippen MR) is 66.7 cm³/mol. The standard InChI is InChI=1S/C11H14N2O4S/c1-8-7-18(16,17)6-5-13(8)10-4-2-3-9(12-10)11(14)15/h2-4,8H,5-7H2,1H3,(H,14,15). The van der Waals surface area contributed by atoms with E-state index in [1.54, 1.807) is 19.1 Å². The van der Waals surface area contributed by atoms with Gasteiger partial charge in [0, 0.05) is 12.6 Å². The van der Waals surface area contributed by atoms with Gasteiger partial charge in [0.25, 0.3) is 0 Å². The largest absolute Gasteiger partial charge is 0.477 e. The molecule has 0 aliphatic carbocycles. The zero-order valence-corrected chi connectivity index (χ0v) is 10.7. The second-order valence-corrected chi connectivity index (χ2v) is 6.57. The van der Waals surface area contributed by atoms with Crippen molar-refractivity contribution in [2.24, 2.45) is 0 Å². The molecule has 0 amide bonds. The van der Waals surface area contributed by atoms with Crippen molar-refractivity contribution in [3.05, 3.63) is 23.9 Å². The molecule has 2 rings (SSSR count). The first-order chi connectivity index (χ1) is 8.39. The zero-order chi connectivity index (χ0) is 13.3. The second-order valence-electron chi connectivity index (χ2n) is 4.34. The highest BCUT2D eigenvalue weighted by molar-refractivity contribution is 7.91. The summed E-state index contributed by atoms with van der Waals surface area (Å²) in [4.78, 5) is 16.7. The van der Waals surface area contributed by atoms with Gasteiger partial charge in [-0.15, -0.1) is 0 Å². The predicted octanol–water partition coefficient (Wildman–Crippen LogP) is 0.403. The SMILES string of the molecule is CC1CS(=O)(=O)CCN1c1cccc(C(=O)O)n1. The van der Waals surface area contributed by atoms with E-state index in [0.29, 0.717) is 12.4 Å². The van der Waals surface area contributed by atoms with E-state index in [1.165, 1.54) is 6.07 Å². The molecular weight excluding hydrogens is 256 g/mol. The molecule has 1 fully saturated rings. The first-order valence-electron chi connectivity index (χ1n) is 5.56. The van der Waals surface area contributed by atoms with Gasteiger partial charge in [-0.25, -0.2) is 18.2 Å². The van der Waals surface area contributed by atoms with Gasteiger partial charge in [-0.05, 0) is 19.1 Å². The molecule has 1 aromatic rings. The Morgan fingerprint density at radius 3 is 2.83 bits per heavy atom. The summed E-state index contributed by atoms with van der Waals surface area (Å²) in [6.07, 6.45) is 0. The fourth-order valence-electron chi connectivity index (χ4n) is 2.04. The number of rotatable bonds is 2. The Morgan fingerprint density at radius 2 is 2.22 bits per heavy atom. The summed E-state index contributed by atoms with van der Waals surface area (Å²) in [5.41, 5.74) is -0.0341. The number of hydrogen-bond acceptors (Lipinski definition) is 5. The fourth-order valence-corrected chi connectivity index (χ4v) is 3.60. The number of carboxylic acids is 1. The van der Waals surface area contributed by atoms with Gasteiger partial charge < -0.3 is 10.0 Å². The number of anilines is 1. The Hall–Kier alpha value is -1.63. The van der Waals surface area contributed by atoms with E-state index >= 15 is 0 Å². The van der Waals surface area contributed by atoms with Gasteiger partial charge in [-0.2, -0.15) is 0 Å². The molecule has 6 nitrogen and oxygen atoms in total. The summed E-state index contributed by atoms with van der Waals surface area (Å²) in [6.45, 7) is 2.14. The van der Waals surface area contributed by atoms with Crippen LogP contribution in [0.3, 0.4) is 0 Å². The normalized spacial score (nSPS) is 22.7. The van der Waals surface area contributed by atoms with Gasteiger partial charge in [-0.3, -0.25) is 0 Å². The summed E-state index contributed by atoms with van der Waals surface area (Å²) >= 11 is 0. The number of carboxylic acid groups (broad SMARTS) is 1. The van der Waals surface area contributed by atoms with Crippen molar-refractivity contribution in [3.8, 4) is 0 Å². The van der Waals surface area contributed by atoms with Crippen molar-refractivity contribution in [2.45, 2.75) is 13.0 Å². The monoisotopic (exact) mass is 270 g/mol. The van der Waals surface area contributed by atoms with Crippen molar-refractivity contribution in [1.29, 1.82) is 0 Å². The van der Waals surface area contributed by atoms with E-state index < -0.39 is 15.8 Å². The van der Waals surface area contributed by atoms with E-state index in [0.717, 1.165) is 0 Å². The van der Waals surface area contributed by atoms with Crippen molar-refractivity contribution >= 4 is 21.6 Å². The number of hydrogen-bond donors (Lipinski definition) is 1. The van der Waals surface area contributed by atoms with E-state index in [9.17, 15) is 13.2 Å². The maximum atomic E-state index is 11.5. The van der Waals surface area contributed by atoms with Crippen LogP contribution in [-0.4, -0.2) is 48.6 Å². The quantitative estimate of drug-likeness (QED) is 0.837. The van der Waals surface area contributed by atoms with Crippen molar-refractivity contribution < 1.29 is 18.3 Å². The summed E-state index contributed by atoms with van der Waals surface area (Å²) in [6, 6.07) is 4.53. The first-order valence-corrected chi connectivity index (χ1v) is 7.38. The lowest BCUT2D eigenvalue weighted by molar-refractivity contribution is 0.0690. The van der Waals surface area contributed by atoms with E-state index in [1.807, 2.05) is 4.90 Å². The number of aromatic carboxylic acids is 1. The zero-order valence-electron chi connectivity index (χ0n) is 9.91. The van der Waals surface area contributed by atoms with Crippen molar-refractivity contribution in [1.82, 2.24) is 4.98 Å². The fraction of sp³-hybridized carbons (Fsp3) is 0.455. The van der Waals surface area contributed by atoms with Crippen LogP contribution >= 0.6 is 0 Å². The highest BCUT2D eigenvalue weighted by atomic mass is 32.2. The Labute approximate surface area is 105 Å². The lowest BCUT2D eigenvalue weighted by Gasteiger charge is -2.34. The molecule has 1 aliphatic heterocycles. The second kappa shape index (κ2) is 4.56. The van der Waals surface area contributed by atoms with E-state index in [2.05, 4.69) is 4.98 Å². The van der Waals surface area contributed by atoms with E-state index in [4.69, 9.17) is 5.11 Å². The number of sulfone groups is 1. The molecule has 0 bridgehead atoms. The molecule has 1 saturated heterocycles. The van der Waals surface area contributed by atoms with Gasteiger partial charge in [0.2, 0.25) is 0 Å². The topological polar surface area (TPSA) is 87.6 Å². The summed E-state index contributed by atoms with van der Waals surface area (Å²) in [5.74, 6) is -0.422. The smallest absolute Gasteiger partial charge is 0.354 e. The molecular formula is C11H14N2O4S. The third-order valence-corrected chi connectivity index (χ3v) is 4.71. The van der Waals surface area contributed by atoms with Gasteiger partial charge in [0.15, 0.2) is 15.5 Å². The first kappa shape index (κ1) is 12.8. The molecule has 1 aliphatic rings. The molecule has 98 valence electrons. The molecule has 1 atom stereocenters. The van der Waals surface area contributed by atoms with Crippen LogP contribution in [0.2, 0.25) is 0 Å². The Bertz CT molecular complexity index is 570. The minimum atomic E-state index is -2.99. The molecule has 0 spiro atoms. The number of aromatic nitrogens is 1. The maximum absolute atomic E-state index is 11.5. The molecule has 7 heteroatoms. The van der Waals surface area contributed by atoms with Crippen LogP contribution < -0.4 is 4.90 Å². The lowest BCUT2D eigenvalue weighted by Crippen LogP contribution is -2.47. The third-order valence-electron chi connectivity index (χ3n) is 2.92. The Morgan fingerprint density at radius 1 is 1.50 bits per heavy atom. The van der Waals surface area contributed by atoms with Crippen molar-refractivity contribution in [2.75, 3.05) is 23.0 Å². The Balaban J connectivity index is 2.27. The average molecular weight is 270 g/mol. The van der Waals surface area contributed by atoms with Gasteiger partial charge >= 0.3 is 5.97 Å². The summed E-state index contributed by atoms with van der Waals surface area (Å²) in [7, 11) is -2.99. The van der Waals surface area contributed by atoms with Crippen LogP contribution in [0.15, 0.2) is 18.2 Å².